The van der Waals surface area contributed by atoms with Crippen LogP contribution in [0.25, 0.3) is 0 Å². The van der Waals surface area contributed by atoms with E-state index in [4.69, 9.17) is 4.74 Å². The second-order valence-electron chi connectivity index (χ2n) is 4.39. The number of pyridine rings is 1. The lowest BCUT2D eigenvalue weighted by Crippen LogP contribution is -2.21. The molecule has 0 saturated carbocycles. The molecule has 2 rings (SSSR count). The first kappa shape index (κ1) is 10.4. The van der Waals surface area contributed by atoms with Crippen LogP contribution in [0.15, 0.2) is 12.3 Å². The van der Waals surface area contributed by atoms with E-state index in [1.807, 2.05) is 12.3 Å². The van der Waals surface area contributed by atoms with Crippen LogP contribution in [0.4, 0.5) is 0 Å². The Morgan fingerprint density at radius 2 is 2.20 bits per heavy atom. The molecule has 15 heavy (non-hydrogen) atoms. The molecular formula is C12H18N2O. The van der Waals surface area contributed by atoms with Gasteiger partial charge in [-0.2, -0.15) is 0 Å². The fourth-order valence-electron chi connectivity index (χ4n) is 1.82. The van der Waals surface area contributed by atoms with Crippen LogP contribution in [0.3, 0.4) is 0 Å². The number of hydrogen-bond acceptors (Lipinski definition) is 3. The molecule has 2 atom stereocenters. The Balaban J connectivity index is 2.02. The summed E-state index contributed by atoms with van der Waals surface area (Å²) in [5.41, 5.74) is 2.44. The summed E-state index contributed by atoms with van der Waals surface area (Å²) in [6.07, 6.45) is 3.21. The Morgan fingerprint density at radius 3 is 2.80 bits per heavy atom. The van der Waals surface area contributed by atoms with Gasteiger partial charge in [-0.05, 0) is 31.9 Å². The second kappa shape index (κ2) is 4.19. The van der Waals surface area contributed by atoms with Crippen LogP contribution in [0.5, 0.6) is 5.88 Å². The Bertz CT molecular complexity index is 351. The van der Waals surface area contributed by atoms with Crippen molar-refractivity contribution in [3.63, 3.8) is 0 Å². The van der Waals surface area contributed by atoms with Crippen LogP contribution < -0.4 is 10.1 Å². The fourth-order valence-corrected chi connectivity index (χ4v) is 1.82. The topological polar surface area (TPSA) is 34.1 Å². The van der Waals surface area contributed by atoms with Crippen LogP contribution in [0.1, 0.15) is 24.5 Å². The van der Waals surface area contributed by atoms with E-state index in [1.165, 1.54) is 11.1 Å². The number of hydrogen-bond donors (Lipinski definition) is 1. The number of rotatable bonds is 2. The van der Waals surface area contributed by atoms with E-state index < -0.39 is 0 Å². The number of ether oxygens (including phenoxy) is 1. The zero-order chi connectivity index (χ0) is 10.8. The molecule has 3 nitrogen and oxygen atoms in total. The van der Waals surface area contributed by atoms with Crippen molar-refractivity contribution in [1.29, 1.82) is 0 Å². The average molecular weight is 206 g/mol. The largest absolute Gasteiger partial charge is 0.473 e. The van der Waals surface area contributed by atoms with Crippen LogP contribution in [0, 0.1) is 13.8 Å². The fraction of sp³-hybridized carbons (Fsp3) is 0.583. The van der Waals surface area contributed by atoms with E-state index >= 15 is 0 Å². The van der Waals surface area contributed by atoms with Crippen molar-refractivity contribution in [1.82, 2.24) is 10.3 Å². The summed E-state index contributed by atoms with van der Waals surface area (Å²) >= 11 is 0. The molecule has 1 aromatic rings. The highest BCUT2D eigenvalue weighted by atomic mass is 16.5. The number of aryl methyl sites for hydroxylation is 2. The molecule has 1 N–H and O–H groups in total. The molecule has 1 aliphatic rings. The third kappa shape index (κ3) is 2.48. The summed E-state index contributed by atoms with van der Waals surface area (Å²) < 4.78 is 5.81. The van der Waals surface area contributed by atoms with Gasteiger partial charge in [-0.15, -0.1) is 0 Å². The molecule has 1 aromatic heterocycles. The zero-order valence-electron chi connectivity index (χ0n) is 9.58. The van der Waals surface area contributed by atoms with Gasteiger partial charge in [-0.1, -0.05) is 0 Å². The molecule has 0 spiro atoms. The summed E-state index contributed by atoms with van der Waals surface area (Å²) in [4.78, 5) is 4.28. The van der Waals surface area contributed by atoms with Crippen molar-refractivity contribution in [3.8, 4) is 5.88 Å². The van der Waals surface area contributed by atoms with Crippen molar-refractivity contribution in [2.45, 2.75) is 39.3 Å². The lowest BCUT2D eigenvalue weighted by atomic mass is 10.2. The van der Waals surface area contributed by atoms with Gasteiger partial charge in [0, 0.05) is 31.3 Å². The van der Waals surface area contributed by atoms with E-state index in [2.05, 4.69) is 31.1 Å². The third-order valence-electron chi connectivity index (χ3n) is 2.95. The van der Waals surface area contributed by atoms with Gasteiger partial charge in [0.1, 0.15) is 6.10 Å². The highest BCUT2D eigenvalue weighted by molar-refractivity contribution is 5.26. The lowest BCUT2D eigenvalue weighted by Gasteiger charge is -2.12. The van der Waals surface area contributed by atoms with Crippen LogP contribution in [0.2, 0.25) is 0 Å². The van der Waals surface area contributed by atoms with E-state index in [-0.39, 0.29) is 6.10 Å². The standard InChI is InChI=1S/C12H18N2O/c1-8-4-12(14-6-9(8)2)15-11-5-10(3)13-7-11/h4,6,10-11,13H,5,7H2,1-3H3/t10-,11+/m0/s1. The molecule has 1 fully saturated rings. The zero-order valence-corrected chi connectivity index (χ0v) is 9.58. The van der Waals surface area contributed by atoms with Gasteiger partial charge in [0.2, 0.25) is 5.88 Å². The maximum absolute atomic E-state index is 5.81. The number of nitrogens with zero attached hydrogens (tertiary/aromatic N) is 1. The first-order valence-corrected chi connectivity index (χ1v) is 5.48. The monoisotopic (exact) mass is 206 g/mol. The minimum atomic E-state index is 0.273. The summed E-state index contributed by atoms with van der Waals surface area (Å²) in [7, 11) is 0. The molecule has 0 amide bonds. The minimum Gasteiger partial charge on any atom is -0.473 e. The predicted molar refractivity (Wildman–Crippen MR) is 60.2 cm³/mol. The van der Waals surface area contributed by atoms with Crippen LogP contribution >= 0.6 is 0 Å². The molecule has 0 radical (unpaired) electrons. The average Bonchev–Trinajstić information content (AvgIpc) is 2.58. The van der Waals surface area contributed by atoms with E-state index in [9.17, 15) is 0 Å². The first-order chi connectivity index (χ1) is 7.15. The minimum absolute atomic E-state index is 0.273. The van der Waals surface area contributed by atoms with Gasteiger partial charge in [0.15, 0.2) is 0 Å². The normalized spacial score (nSPS) is 25.5. The third-order valence-corrected chi connectivity index (χ3v) is 2.95. The van der Waals surface area contributed by atoms with E-state index in [0.717, 1.165) is 18.8 Å². The lowest BCUT2D eigenvalue weighted by molar-refractivity contribution is 0.211. The van der Waals surface area contributed by atoms with Gasteiger partial charge in [-0.25, -0.2) is 4.98 Å². The molecule has 0 aliphatic carbocycles. The Kier molecular flexibility index (Phi) is 2.91. The molecule has 0 bridgehead atoms. The van der Waals surface area contributed by atoms with Gasteiger partial charge < -0.3 is 10.1 Å². The summed E-state index contributed by atoms with van der Waals surface area (Å²) in [5.74, 6) is 0.749. The second-order valence-corrected chi connectivity index (χ2v) is 4.39. The number of aromatic nitrogens is 1. The Labute approximate surface area is 90.9 Å². The van der Waals surface area contributed by atoms with E-state index in [1.54, 1.807) is 0 Å². The van der Waals surface area contributed by atoms with Gasteiger partial charge in [0.05, 0.1) is 0 Å². The van der Waals surface area contributed by atoms with Crippen molar-refractivity contribution in [2.75, 3.05) is 6.54 Å². The molecular weight excluding hydrogens is 188 g/mol. The van der Waals surface area contributed by atoms with Gasteiger partial charge in [0.25, 0.3) is 0 Å². The quantitative estimate of drug-likeness (QED) is 0.801. The predicted octanol–water partition coefficient (Wildman–Crippen LogP) is 1.83. The highest BCUT2D eigenvalue weighted by Crippen LogP contribution is 2.17. The summed E-state index contributed by atoms with van der Waals surface area (Å²) in [6.45, 7) is 7.25. The molecule has 1 aliphatic heterocycles. The van der Waals surface area contributed by atoms with Gasteiger partial charge >= 0.3 is 0 Å². The molecule has 2 heterocycles. The SMILES string of the molecule is Cc1cnc(O[C@H]2CN[C@@H](C)C2)cc1C. The molecule has 0 aromatic carbocycles. The number of nitrogens with one attached hydrogen (secondary N) is 1. The smallest absolute Gasteiger partial charge is 0.213 e. The van der Waals surface area contributed by atoms with Crippen molar-refractivity contribution in [3.05, 3.63) is 23.4 Å². The maximum Gasteiger partial charge on any atom is 0.213 e. The molecule has 82 valence electrons. The Hall–Kier alpha value is -1.09. The van der Waals surface area contributed by atoms with Crippen molar-refractivity contribution in [2.24, 2.45) is 0 Å². The highest BCUT2D eigenvalue weighted by Gasteiger charge is 2.22. The van der Waals surface area contributed by atoms with Gasteiger partial charge in [-0.3, -0.25) is 0 Å². The van der Waals surface area contributed by atoms with Crippen LogP contribution in [-0.4, -0.2) is 23.7 Å². The van der Waals surface area contributed by atoms with Crippen molar-refractivity contribution < 1.29 is 4.74 Å². The Morgan fingerprint density at radius 1 is 1.40 bits per heavy atom. The molecule has 0 unspecified atom stereocenters. The van der Waals surface area contributed by atoms with Crippen LogP contribution in [-0.2, 0) is 0 Å². The van der Waals surface area contributed by atoms with E-state index in [0.29, 0.717) is 6.04 Å². The first-order valence-electron chi connectivity index (χ1n) is 5.48. The van der Waals surface area contributed by atoms with Crippen molar-refractivity contribution >= 4 is 0 Å². The summed E-state index contributed by atoms with van der Waals surface area (Å²) in [6, 6.07) is 2.57. The molecule has 3 heteroatoms. The molecule has 1 saturated heterocycles. The summed E-state index contributed by atoms with van der Waals surface area (Å²) in [5, 5.41) is 3.36. The maximum atomic E-state index is 5.81.